The quantitative estimate of drug-likeness (QED) is 0.741. The number of nitrogens with one attached hydrogen (secondary N) is 2. The molecule has 5 nitrogen and oxygen atoms in total. The Labute approximate surface area is 169 Å². The number of benzene rings is 1. The van der Waals surface area contributed by atoms with Crippen LogP contribution in [-0.4, -0.2) is 34.5 Å². The zero-order valence-electron chi connectivity index (χ0n) is 15.4. The first kappa shape index (κ1) is 21.1. The summed E-state index contributed by atoms with van der Waals surface area (Å²) in [5.41, 5.74) is 0.738. The molecule has 0 atom stereocenters. The smallest absolute Gasteiger partial charge is 0.258 e. The Morgan fingerprint density at radius 3 is 2.68 bits per heavy atom. The number of halogens is 1. The number of ether oxygens (including phenoxy) is 1. The van der Waals surface area contributed by atoms with Crippen LogP contribution in [0.3, 0.4) is 0 Å². The number of fused-ring (bicyclic) bond motifs is 1. The van der Waals surface area contributed by atoms with E-state index < -0.39 is 0 Å². The van der Waals surface area contributed by atoms with E-state index >= 15 is 0 Å². The lowest BCUT2D eigenvalue weighted by atomic mass is 9.95. The van der Waals surface area contributed by atoms with Gasteiger partial charge in [-0.15, -0.1) is 0 Å². The standard InChI is InChI=1S/C20H26FN3O2S.CH4/c21-16-10-15-17(11-18(16)22-13-4-2-1-3-5-13)23-19(24-20(15)25)12-27-14-6-8-26-9-7-14;/h10-11,13-14,22H,1-9,12H2,(H,23,24,25);1H4. The van der Waals surface area contributed by atoms with Gasteiger partial charge in [0.1, 0.15) is 11.6 Å². The van der Waals surface area contributed by atoms with Gasteiger partial charge in [-0.3, -0.25) is 4.79 Å². The Hall–Kier alpha value is -1.60. The lowest BCUT2D eigenvalue weighted by Crippen LogP contribution is -2.23. The van der Waals surface area contributed by atoms with Crippen LogP contribution in [0.2, 0.25) is 0 Å². The predicted octanol–water partition coefficient (Wildman–Crippen LogP) is 4.86. The molecule has 154 valence electrons. The summed E-state index contributed by atoms with van der Waals surface area (Å²) in [5.74, 6) is 0.919. The average molecular weight is 408 g/mol. The summed E-state index contributed by atoms with van der Waals surface area (Å²) < 4.78 is 19.9. The number of hydrogen-bond acceptors (Lipinski definition) is 5. The molecule has 28 heavy (non-hydrogen) atoms. The van der Waals surface area contributed by atoms with Crippen molar-refractivity contribution < 1.29 is 9.13 Å². The fourth-order valence-corrected chi connectivity index (χ4v) is 4.95. The fraction of sp³-hybridized carbons (Fsp3) is 0.619. The van der Waals surface area contributed by atoms with Crippen LogP contribution >= 0.6 is 11.8 Å². The summed E-state index contributed by atoms with van der Waals surface area (Å²) in [5, 5.41) is 4.16. The molecule has 2 aliphatic rings. The van der Waals surface area contributed by atoms with Gasteiger partial charge in [0.25, 0.3) is 5.56 Å². The van der Waals surface area contributed by atoms with Crippen molar-refractivity contribution in [2.75, 3.05) is 18.5 Å². The summed E-state index contributed by atoms with van der Waals surface area (Å²) in [6.45, 7) is 1.60. The van der Waals surface area contributed by atoms with E-state index in [1.54, 1.807) is 17.8 Å². The van der Waals surface area contributed by atoms with E-state index in [9.17, 15) is 9.18 Å². The van der Waals surface area contributed by atoms with Crippen LogP contribution in [0, 0.1) is 5.82 Å². The molecule has 0 amide bonds. The lowest BCUT2D eigenvalue weighted by Gasteiger charge is -2.24. The van der Waals surface area contributed by atoms with E-state index in [-0.39, 0.29) is 18.8 Å². The number of hydrogen-bond donors (Lipinski definition) is 2. The van der Waals surface area contributed by atoms with E-state index in [2.05, 4.69) is 15.3 Å². The van der Waals surface area contributed by atoms with Crippen LogP contribution in [0.5, 0.6) is 0 Å². The van der Waals surface area contributed by atoms with Crippen LogP contribution in [0.1, 0.15) is 58.2 Å². The maximum Gasteiger partial charge on any atom is 0.258 e. The SMILES string of the molecule is C.O=c1[nH]c(CSC2CCOCC2)nc2cc(NC3CCCCC3)c(F)cc12. The third-order valence-corrected chi connectivity index (χ3v) is 6.82. The molecule has 4 rings (SSSR count). The molecule has 1 aromatic heterocycles. The molecule has 1 aliphatic heterocycles. The van der Waals surface area contributed by atoms with Crippen molar-refractivity contribution in [1.29, 1.82) is 0 Å². The Bertz CT molecular complexity index is 845. The van der Waals surface area contributed by atoms with Crippen LogP contribution in [0.4, 0.5) is 10.1 Å². The molecule has 1 saturated carbocycles. The number of anilines is 1. The third-order valence-electron chi connectivity index (χ3n) is 5.43. The van der Waals surface area contributed by atoms with Gasteiger partial charge in [0.15, 0.2) is 0 Å². The molecule has 1 saturated heterocycles. The number of H-pyrrole nitrogens is 1. The first-order valence-corrected chi connectivity index (χ1v) is 10.9. The van der Waals surface area contributed by atoms with Crippen LogP contribution in [0.15, 0.2) is 16.9 Å². The lowest BCUT2D eigenvalue weighted by molar-refractivity contribution is 0.1000. The highest BCUT2D eigenvalue weighted by Crippen LogP contribution is 2.27. The highest BCUT2D eigenvalue weighted by atomic mass is 32.2. The molecule has 1 aliphatic carbocycles. The largest absolute Gasteiger partial charge is 0.381 e. The van der Waals surface area contributed by atoms with Crippen molar-refractivity contribution in [3.8, 4) is 0 Å². The zero-order chi connectivity index (χ0) is 18.6. The van der Waals surface area contributed by atoms with Gasteiger partial charge in [0, 0.05) is 24.5 Å². The van der Waals surface area contributed by atoms with E-state index in [4.69, 9.17) is 4.74 Å². The molecule has 2 aromatic rings. The van der Waals surface area contributed by atoms with Crippen molar-refractivity contribution in [2.24, 2.45) is 0 Å². The topological polar surface area (TPSA) is 67.0 Å². The van der Waals surface area contributed by atoms with Crippen LogP contribution < -0.4 is 10.9 Å². The maximum atomic E-state index is 14.5. The highest BCUT2D eigenvalue weighted by Gasteiger charge is 2.18. The minimum Gasteiger partial charge on any atom is -0.381 e. The molecular weight excluding hydrogens is 377 g/mol. The molecule has 7 heteroatoms. The summed E-state index contributed by atoms with van der Waals surface area (Å²) in [7, 11) is 0. The van der Waals surface area contributed by atoms with E-state index in [1.807, 2.05) is 0 Å². The second-order valence-corrected chi connectivity index (χ2v) is 8.75. The van der Waals surface area contributed by atoms with Crippen molar-refractivity contribution >= 4 is 28.4 Å². The molecule has 0 unspecified atom stereocenters. The van der Waals surface area contributed by atoms with Gasteiger partial charge in [-0.1, -0.05) is 26.7 Å². The van der Waals surface area contributed by atoms with E-state index in [0.717, 1.165) is 38.9 Å². The molecular formula is C21H30FN3O2S. The molecule has 0 spiro atoms. The number of aromatic amines is 1. The van der Waals surface area contributed by atoms with Gasteiger partial charge < -0.3 is 15.0 Å². The normalized spacial score (nSPS) is 18.8. The average Bonchev–Trinajstić information content (AvgIpc) is 2.69. The number of nitrogens with zero attached hydrogens (tertiary/aromatic N) is 1. The summed E-state index contributed by atoms with van der Waals surface area (Å²) in [6, 6.07) is 3.30. The van der Waals surface area contributed by atoms with Crippen molar-refractivity contribution in [2.45, 2.75) is 69.4 Å². The Morgan fingerprint density at radius 1 is 1.18 bits per heavy atom. The van der Waals surface area contributed by atoms with Gasteiger partial charge in [0.05, 0.1) is 22.3 Å². The fourth-order valence-electron chi connectivity index (χ4n) is 3.89. The van der Waals surface area contributed by atoms with Gasteiger partial charge in [-0.05, 0) is 37.8 Å². The summed E-state index contributed by atoms with van der Waals surface area (Å²) in [4.78, 5) is 19.8. The monoisotopic (exact) mass is 407 g/mol. The van der Waals surface area contributed by atoms with Crippen LogP contribution in [-0.2, 0) is 10.5 Å². The summed E-state index contributed by atoms with van der Waals surface area (Å²) in [6.07, 6.45) is 7.80. The molecule has 0 bridgehead atoms. The second kappa shape index (κ2) is 9.74. The third kappa shape index (κ3) is 5.06. The Morgan fingerprint density at radius 2 is 1.93 bits per heavy atom. The van der Waals surface area contributed by atoms with Gasteiger partial charge in [0.2, 0.25) is 0 Å². The first-order valence-electron chi connectivity index (χ1n) is 9.87. The van der Waals surface area contributed by atoms with Crippen molar-refractivity contribution in [3.05, 3.63) is 34.1 Å². The Kier molecular flexibility index (Phi) is 7.35. The predicted molar refractivity (Wildman–Crippen MR) is 115 cm³/mol. The highest BCUT2D eigenvalue weighted by molar-refractivity contribution is 7.99. The minimum atomic E-state index is -0.385. The number of aromatic nitrogens is 2. The molecule has 2 N–H and O–H groups in total. The number of rotatable bonds is 5. The van der Waals surface area contributed by atoms with Gasteiger partial charge in [-0.25, -0.2) is 9.37 Å². The molecule has 1 aromatic carbocycles. The number of thioether (sulfide) groups is 1. The minimum absolute atomic E-state index is 0. The van der Waals surface area contributed by atoms with Crippen LogP contribution in [0.25, 0.3) is 10.9 Å². The van der Waals surface area contributed by atoms with Gasteiger partial charge >= 0.3 is 0 Å². The molecule has 2 heterocycles. The second-order valence-electron chi connectivity index (χ2n) is 7.46. The van der Waals surface area contributed by atoms with Crippen molar-refractivity contribution in [1.82, 2.24) is 9.97 Å². The Balaban J connectivity index is 0.00000225. The maximum absolute atomic E-state index is 14.5. The van der Waals surface area contributed by atoms with E-state index in [0.29, 0.717) is 39.5 Å². The zero-order valence-corrected chi connectivity index (χ0v) is 16.2. The van der Waals surface area contributed by atoms with Gasteiger partial charge in [-0.2, -0.15) is 11.8 Å². The molecule has 0 radical (unpaired) electrons. The molecule has 2 fully saturated rings. The summed E-state index contributed by atoms with van der Waals surface area (Å²) >= 11 is 1.80. The first-order chi connectivity index (χ1) is 13.2. The van der Waals surface area contributed by atoms with Crippen molar-refractivity contribution in [3.63, 3.8) is 0 Å². The van der Waals surface area contributed by atoms with E-state index in [1.165, 1.54) is 25.3 Å².